The van der Waals surface area contributed by atoms with Crippen LogP contribution in [0.25, 0.3) is 0 Å². The van der Waals surface area contributed by atoms with Crippen LogP contribution in [-0.2, 0) is 10.0 Å². The highest BCUT2D eigenvalue weighted by atomic mass is 127. The molecular formula is C11H16ClIN2O2S. The van der Waals surface area contributed by atoms with Gasteiger partial charge < -0.3 is 5.32 Å². The lowest BCUT2D eigenvalue weighted by Crippen LogP contribution is -2.18. The van der Waals surface area contributed by atoms with Crippen LogP contribution in [0.1, 0.15) is 12.8 Å². The van der Waals surface area contributed by atoms with Gasteiger partial charge >= 0.3 is 0 Å². The van der Waals surface area contributed by atoms with Crippen LogP contribution in [0.3, 0.4) is 0 Å². The third-order valence-electron chi connectivity index (χ3n) is 2.29. The summed E-state index contributed by atoms with van der Waals surface area (Å²) in [6, 6.07) is 5.21. The highest BCUT2D eigenvalue weighted by Crippen LogP contribution is 2.24. The van der Waals surface area contributed by atoms with E-state index in [-0.39, 0.29) is 5.75 Å². The molecule has 0 bridgehead atoms. The molecule has 102 valence electrons. The summed E-state index contributed by atoms with van der Waals surface area (Å²) >= 11 is 8.10. The maximum Gasteiger partial charge on any atom is 0.232 e. The maximum absolute atomic E-state index is 11.8. The number of unbranched alkanes of at least 4 members (excludes halogenated alkanes) is 1. The van der Waals surface area contributed by atoms with E-state index in [2.05, 4.69) is 32.6 Å². The first-order chi connectivity index (χ1) is 8.44. The van der Waals surface area contributed by atoms with Crippen molar-refractivity contribution in [3.8, 4) is 0 Å². The fraction of sp³-hybridized carbons (Fsp3) is 0.455. The van der Waals surface area contributed by atoms with Crippen molar-refractivity contribution in [2.24, 2.45) is 0 Å². The fourth-order valence-corrected chi connectivity index (χ4v) is 3.54. The lowest BCUT2D eigenvalue weighted by molar-refractivity contribution is 0.595. The van der Waals surface area contributed by atoms with E-state index < -0.39 is 10.0 Å². The molecule has 0 atom stereocenters. The van der Waals surface area contributed by atoms with E-state index in [1.807, 2.05) is 13.1 Å². The van der Waals surface area contributed by atoms with Crippen molar-refractivity contribution in [1.29, 1.82) is 0 Å². The van der Waals surface area contributed by atoms with E-state index in [9.17, 15) is 8.42 Å². The number of benzene rings is 1. The van der Waals surface area contributed by atoms with Crippen LogP contribution in [0.5, 0.6) is 0 Å². The van der Waals surface area contributed by atoms with Gasteiger partial charge in [0, 0.05) is 3.57 Å². The summed E-state index contributed by atoms with van der Waals surface area (Å²) in [5, 5.41) is 3.40. The molecule has 0 unspecified atom stereocenters. The minimum absolute atomic E-state index is 0.108. The number of rotatable bonds is 7. The van der Waals surface area contributed by atoms with Gasteiger partial charge in [0.25, 0.3) is 0 Å². The Labute approximate surface area is 127 Å². The molecule has 0 saturated carbocycles. The molecule has 0 fully saturated rings. The van der Waals surface area contributed by atoms with E-state index in [1.165, 1.54) is 0 Å². The van der Waals surface area contributed by atoms with Crippen molar-refractivity contribution in [2.75, 3.05) is 24.1 Å². The molecular weight excluding hydrogens is 387 g/mol. The lowest BCUT2D eigenvalue weighted by atomic mass is 10.3. The summed E-state index contributed by atoms with van der Waals surface area (Å²) in [4.78, 5) is 0. The third kappa shape index (κ3) is 5.73. The van der Waals surface area contributed by atoms with Gasteiger partial charge in [-0.1, -0.05) is 11.6 Å². The first-order valence-corrected chi connectivity index (χ1v) is 8.65. The Balaban J connectivity index is 2.59. The standard InChI is InChI=1S/C11H16ClIN2O2S/c1-14-6-2-3-7-18(16,17)15-11-5-4-9(13)8-10(11)12/h4-5,8,14-15H,2-3,6-7H2,1H3. The van der Waals surface area contributed by atoms with Gasteiger partial charge in [0.2, 0.25) is 10.0 Å². The Morgan fingerprint density at radius 2 is 2.06 bits per heavy atom. The Morgan fingerprint density at radius 3 is 2.67 bits per heavy atom. The molecule has 1 aromatic carbocycles. The number of halogens is 2. The normalized spacial score (nSPS) is 11.5. The minimum atomic E-state index is -3.32. The zero-order valence-electron chi connectivity index (χ0n) is 10.0. The number of nitrogens with one attached hydrogen (secondary N) is 2. The monoisotopic (exact) mass is 402 g/mol. The second-order valence-corrected chi connectivity index (χ2v) is 7.35. The van der Waals surface area contributed by atoms with Gasteiger partial charge in [-0.2, -0.15) is 0 Å². The predicted molar refractivity (Wildman–Crippen MR) is 84.7 cm³/mol. The second kappa shape index (κ2) is 7.52. The van der Waals surface area contributed by atoms with Crippen molar-refractivity contribution in [2.45, 2.75) is 12.8 Å². The Hall–Kier alpha value is -0.0500. The lowest BCUT2D eigenvalue weighted by Gasteiger charge is -2.09. The van der Waals surface area contributed by atoms with Gasteiger partial charge in [-0.05, 0) is 67.2 Å². The number of anilines is 1. The summed E-state index contributed by atoms with van der Waals surface area (Å²) in [5.74, 6) is 0.108. The van der Waals surface area contributed by atoms with Gasteiger partial charge in [0.1, 0.15) is 0 Å². The topological polar surface area (TPSA) is 58.2 Å². The first kappa shape index (κ1) is 16.0. The number of hydrogen-bond donors (Lipinski definition) is 2. The summed E-state index contributed by atoms with van der Waals surface area (Å²) in [5.41, 5.74) is 0.436. The maximum atomic E-state index is 11.8. The number of sulfonamides is 1. The molecule has 18 heavy (non-hydrogen) atoms. The Bertz CT molecular complexity index is 494. The molecule has 1 aromatic rings. The van der Waals surface area contributed by atoms with Gasteiger partial charge in [0.15, 0.2) is 0 Å². The smallest absolute Gasteiger partial charge is 0.232 e. The van der Waals surface area contributed by atoms with Crippen LogP contribution in [0.15, 0.2) is 18.2 Å². The molecule has 1 rings (SSSR count). The van der Waals surface area contributed by atoms with E-state index in [0.717, 1.165) is 16.5 Å². The molecule has 0 spiro atoms. The zero-order chi connectivity index (χ0) is 13.6. The summed E-state index contributed by atoms with van der Waals surface area (Å²) < 4.78 is 27.1. The van der Waals surface area contributed by atoms with Crippen LogP contribution in [0, 0.1) is 3.57 Å². The molecule has 0 radical (unpaired) electrons. The Kier molecular flexibility index (Phi) is 6.68. The molecule has 0 saturated heterocycles. The average Bonchev–Trinajstić information content (AvgIpc) is 2.28. The van der Waals surface area contributed by atoms with Crippen LogP contribution in [0.4, 0.5) is 5.69 Å². The quantitative estimate of drug-likeness (QED) is 0.544. The number of hydrogen-bond acceptors (Lipinski definition) is 3. The molecule has 0 aliphatic rings. The summed E-state index contributed by atoms with van der Waals surface area (Å²) in [6.45, 7) is 0.819. The van der Waals surface area contributed by atoms with E-state index in [1.54, 1.807) is 12.1 Å². The largest absolute Gasteiger partial charge is 0.320 e. The highest BCUT2D eigenvalue weighted by molar-refractivity contribution is 14.1. The van der Waals surface area contributed by atoms with Gasteiger partial charge in [0.05, 0.1) is 16.5 Å². The minimum Gasteiger partial charge on any atom is -0.320 e. The molecule has 0 aliphatic carbocycles. The van der Waals surface area contributed by atoms with Crippen molar-refractivity contribution < 1.29 is 8.42 Å². The Morgan fingerprint density at radius 1 is 1.33 bits per heavy atom. The van der Waals surface area contributed by atoms with E-state index in [0.29, 0.717) is 17.1 Å². The summed E-state index contributed by atoms with van der Waals surface area (Å²) in [6.07, 6.45) is 1.45. The first-order valence-electron chi connectivity index (χ1n) is 5.55. The third-order valence-corrected chi connectivity index (χ3v) is 4.63. The zero-order valence-corrected chi connectivity index (χ0v) is 13.8. The van der Waals surface area contributed by atoms with Crippen molar-refractivity contribution in [3.63, 3.8) is 0 Å². The molecule has 4 nitrogen and oxygen atoms in total. The molecule has 0 heterocycles. The van der Waals surface area contributed by atoms with Crippen LogP contribution >= 0.6 is 34.2 Å². The predicted octanol–water partition coefficient (Wildman–Crippen LogP) is 2.69. The highest BCUT2D eigenvalue weighted by Gasteiger charge is 2.12. The van der Waals surface area contributed by atoms with Crippen LogP contribution < -0.4 is 10.0 Å². The van der Waals surface area contributed by atoms with Gasteiger partial charge in [-0.25, -0.2) is 8.42 Å². The van der Waals surface area contributed by atoms with E-state index >= 15 is 0 Å². The van der Waals surface area contributed by atoms with Crippen LogP contribution in [-0.4, -0.2) is 27.8 Å². The molecule has 0 aliphatic heterocycles. The van der Waals surface area contributed by atoms with Crippen molar-refractivity contribution in [3.05, 3.63) is 26.8 Å². The average molecular weight is 403 g/mol. The SMILES string of the molecule is CNCCCCS(=O)(=O)Nc1ccc(I)cc1Cl. The molecule has 2 N–H and O–H groups in total. The van der Waals surface area contributed by atoms with E-state index in [4.69, 9.17) is 11.6 Å². The molecule has 0 amide bonds. The van der Waals surface area contributed by atoms with Gasteiger partial charge in [-0.3, -0.25) is 4.72 Å². The second-order valence-electron chi connectivity index (χ2n) is 3.86. The molecule has 7 heteroatoms. The molecule has 0 aromatic heterocycles. The summed E-state index contributed by atoms with van der Waals surface area (Å²) in [7, 11) is -1.47. The van der Waals surface area contributed by atoms with Crippen molar-refractivity contribution in [1.82, 2.24) is 5.32 Å². The van der Waals surface area contributed by atoms with Crippen LogP contribution in [0.2, 0.25) is 5.02 Å². The fourth-order valence-electron chi connectivity index (χ4n) is 1.38. The van der Waals surface area contributed by atoms with Gasteiger partial charge in [-0.15, -0.1) is 0 Å². The van der Waals surface area contributed by atoms with Crippen molar-refractivity contribution >= 4 is 49.9 Å².